The summed E-state index contributed by atoms with van der Waals surface area (Å²) in [5, 5.41) is 3.18. The van der Waals surface area contributed by atoms with Crippen LogP contribution in [0.4, 0.5) is 0 Å². The van der Waals surface area contributed by atoms with E-state index >= 15 is 0 Å². The van der Waals surface area contributed by atoms with Crippen molar-refractivity contribution in [3.05, 3.63) is 0 Å². The zero-order valence-corrected chi connectivity index (χ0v) is 8.42. The molecule has 3 N–H and O–H groups in total. The SMILES string of the molecule is CCN=C(N)NC1CCCC1OC. The molecule has 1 aliphatic carbocycles. The highest BCUT2D eigenvalue weighted by molar-refractivity contribution is 5.78. The largest absolute Gasteiger partial charge is 0.379 e. The van der Waals surface area contributed by atoms with Crippen LogP contribution in [-0.2, 0) is 4.74 Å². The van der Waals surface area contributed by atoms with E-state index < -0.39 is 0 Å². The summed E-state index contributed by atoms with van der Waals surface area (Å²) in [7, 11) is 1.75. The number of nitrogens with zero attached hydrogens (tertiary/aromatic N) is 1. The average Bonchev–Trinajstić information content (AvgIpc) is 2.52. The summed E-state index contributed by atoms with van der Waals surface area (Å²) in [6.07, 6.45) is 3.74. The Bertz CT molecular complexity index is 182. The van der Waals surface area contributed by atoms with Crippen LogP contribution >= 0.6 is 0 Å². The lowest BCUT2D eigenvalue weighted by Gasteiger charge is -2.19. The van der Waals surface area contributed by atoms with Crippen molar-refractivity contribution in [3.63, 3.8) is 0 Å². The van der Waals surface area contributed by atoms with Crippen LogP contribution in [0.5, 0.6) is 0 Å². The minimum atomic E-state index is 0.297. The van der Waals surface area contributed by atoms with E-state index in [4.69, 9.17) is 10.5 Å². The molecule has 0 aliphatic heterocycles. The van der Waals surface area contributed by atoms with Crippen LogP contribution in [0.25, 0.3) is 0 Å². The zero-order valence-electron chi connectivity index (χ0n) is 8.42. The van der Waals surface area contributed by atoms with Crippen molar-refractivity contribution < 1.29 is 4.74 Å². The predicted octanol–water partition coefficient (Wildman–Crippen LogP) is 0.478. The predicted molar refractivity (Wildman–Crippen MR) is 53.7 cm³/mol. The highest BCUT2D eigenvalue weighted by Crippen LogP contribution is 2.21. The van der Waals surface area contributed by atoms with Gasteiger partial charge in [-0.1, -0.05) is 0 Å². The molecule has 0 spiro atoms. The first-order chi connectivity index (χ1) is 6.27. The van der Waals surface area contributed by atoms with E-state index in [1.165, 1.54) is 6.42 Å². The van der Waals surface area contributed by atoms with E-state index in [2.05, 4.69) is 10.3 Å². The van der Waals surface area contributed by atoms with Gasteiger partial charge in [-0.25, -0.2) is 0 Å². The van der Waals surface area contributed by atoms with E-state index in [9.17, 15) is 0 Å². The number of nitrogens with two attached hydrogens (primary N) is 1. The molecule has 1 fully saturated rings. The summed E-state index contributed by atoms with van der Waals surface area (Å²) in [6, 6.07) is 0.347. The highest BCUT2D eigenvalue weighted by atomic mass is 16.5. The molecule has 4 heteroatoms. The minimum absolute atomic E-state index is 0.297. The van der Waals surface area contributed by atoms with Crippen molar-refractivity contribution in [3.8, 4) is 0 Å². The van der Waals surface area contributed by atoms with Gasteiger partial charge in [0, 0.05) is 13.7 Å². The number of methoxy groups -OCH3 is 1. The lowest BCUT2D eigenvalue weighted by Crippen LogP contribution is -2.44. The molecule has 4 nitrogen and oxygen atoms in total. The average molecular weight is 185 g/mol. The molecule has 0 aromatic rings. The van der Waals surface area contributed by atoms with Gasteiger partial charge in [-0.3, -0.25) is 4.99 Å². The number of aliphatic imine (C=N–C) groups is 1. The Morgan fingerprint density at radius 2 is 2.38 bits per heavy atom. The van der Waals surface area contributed by atoms with Gasteiger partial charge in [-0.05, 0) is 26.2 Å². The smallest absolute Gasteiger partial charge is 0.188 e. The molecule has 0 amide bonds. The molecule has 2 atom stereocenters. The standard InChI is InChI=1S/C9H19N3O/c1-3-11-9(10)12-7-5-4-6-8(7)13-2/h7-8H,3-6H2,1-2H3,(H3,10,11,12). The number of guanidine groups is 1. The normalized spacial score (nSPS) is 29.2. The summed E-state index contributed by atoms with van der Waals surface area (Å²) in [5.41, 5.74) is 5.66. The molecule has 0 saturated heterocycles. The van der Waals surface area contributed by atoms with E-state index in [0.29, 0.717) is 18.1 Å². The van der Waals surface area contributed by atoms with Gasteiger partial charge in [0.2, 0.25) is 0 Å². The number of ether oxygens (including phenoxy) is 1. The molecular weight excluding hydrogens is 166 g/mol. The molecule has 13 heavy (non-hydrogen) atoms. The van der Waals surface area contributed by atoms with Gasteiger partial charge in [0.25, 0.3) is 0 Å². The van der Waals surface area contributed by atoms with Crippen LogP contribution in [-0.4, -0.2) is 31.8 Å². The number of hydrogen-bond acceptors (Lipinski definition) is 2. The van der Waals surface area contributed by atoms with Crippen molar-refractivity contribution >= 4 is 5.96 Å². The van der Waals surface area contributed by atoms with Crippen molar-refractivity contribution in [2.24, 2.45) is 10.7 Å². The second-order valence-corrected chi connectivity index (χ2v) is 3.32. The first-order valence-corrected chi connectivity index (χ1v) is 4.87. The molecule has 76 valence electrons. The Morgan fingerprint density at radius 3 is 3.00 bits per heavy atom. The quantitative estimate of drug-likeness (QED) is 0.496. The number of rotatable bonds is 3. The topological polar surface area (TPSA) is 59.6 Å². The molecule has 1 rings (SSSR count). The Hall–Kier alpha value is -0.770. The number of hydrogen-bond donors (Lipinski definition) is 2. The molecule has 0 heterocycles. The van der Waals surface area contributed by atoms with Crippen molar-refractivity contribution in [2.45, 2.75) is 38.3 Å². The fourth-order valence-electron chi connectivity index (χ4n) is 1.78. The van der Waals surface area contributed by atoms with Crippen molar-refractivity contribution in [1.82, 2.24) is 5.32 Å². The summed E-state index contributed by atoms with van der Waals surface area (Å²) in [5.74, 6) is 0.538. The fourth-order valence-corrected chi connectivity index (χ4v) is 1.78. The van der Waals surface area contributed by atoms with Crippen LogP contribution in [0, 0.1) is 0 Å². The Balaban J connectivity index is 2.39. The van der Waals surface area contributed by atoms with Gasteiger partial charge < -0.3 is 15.8 Å². The second-order valence-electron chi connectivity index (χ2n) is 3.32. The monoisotopic (exact) mass is 185 g/mol. The van der Waals surface area contributed by atoms with E-state index in [0.717, 1.165) is 19.4 Å². The Kier molecular flexibility index (Phi) is 4.02. The molecule has 0 bridgehead atoms. The zero-order chi connectivity index (χ0) is 9.68. The van der Waals surface area contributed by atoms with Crippen molar-refractivity contribution in [2.75, 3.05) is 13.7 Å². The van der Waals surface area contributed by atoms with Crippen molar-refractivity contribution in [1.29, 1.82) is 0 Å². The Labute approximate surface area is 79.6 Å². The summed E-state index contributed by atoms with van der Waals surface area (Å²) in [6.45, 7) is 2.69. The maximum absolute atomic E-state index is 5.66. The molecular formula is C9H19N3O. The number of nitrogens with one attached hydrogen (secondary N) is 1. The summed E-state index contributed by atoms with van der Waals surface area (Å²) >= 11 is 0. The lowest BCUT2D eigenvalue weighted by atomic mass is 10.2. The van der Waals surface area contributed by atoms with Crippen LogP contribution in [0.1, 0.15) is 26.2 Å². The van der Waals surface area contributed by atoms with Gasteiger partial charge in [0.1, 0.15) is 0 Å². The van der Waals surface area contributed by atoms with Gasteiger partial charge in [-0.2, -0.15) is 0 Å². The summed E-state index contributed by atoms with van der Waals surface area (Å²) < 4.78 is 5.33. The molecule has 0 aromatic carbocycles. The third-order valence-electron chi connectivity index (χ3n) is 2.42. The van der Waals surface area contributed by atoms with Gasteiger partial charge in [0.15, 0.2) is 5.96 Å². The fraction of sp³-hybridized carbons (Fsp3) is 0.889. The van der Waals surface area contributed by atoms with Gasteiger partial charge in [0.05, 0.1) is 12.1 Å². The molecule has 0 radical (unpaired) electrons. The maximum Gasteiger partial charge on any atom is 0.188 e. The van der Waals surface area contributed by atoms with E-state index in [1.807, 2.05) is 6.92 Å². The van der Waals surface area contributed by atoms with Gasteiger partial charge >= 0.3 is 0 Å². The molecule has 1 saturated carbocycles. The molecule has 2 unspecified atom stereocenters. The van der Waals surface area contributed by atoms with Crippen LogP contribution in [0.2, 0.25) is 0 Å². The first kappa shape index (κ1) is 10.3. The first-order valence-electron chi connectivity index (χ1n) is 4.87. The second kappa shape index (κ2) is 5.07. The van der Waals surface area contributed by atoms with Crippen LogP contribution in [0.15, 0.2) is 4.99 Å². The summed E-state index contributed by atoms with van der Waals surface area (Å²) in [4.78, 5) is 4.08. The minimum Gasteiger partial charge on any atom is -0.379 e. The molecule has 0 aromatic heterocycles. The third-order valence-corrected chi connectivity index (χ3v) is 2.42. The molecule has 1 aliphatic rings. The van der Waals surface area contributed by atoms with E-state index in [-0.39, 0.29) is 0 Å². The van der Waals surface area contributed by atoms with Gasteiger partial charge in [-0.15, -0.1) is 0 Å². The Morgan fingerprint density at radius 1 is 1.62 bits per heavy atom. The highest BCUT2D eigenvalue weighted by Gasteiger charge is 2.27. The lowest BCUT2D eigenvalue weighted by molar-refractivity contribution is 0.0906. The van der Waals surface area contributed by atoms with Crippen LogP contribution < -0.4 is 11.1 Å². The maximum atomic E-state index is 5.66. The third kappa shape index (κ3) is 2.88. The van der Waals surface area contributed by atoms with Crippen LogP contribution in [0.3, 0.4) is 0 Å². The van der Waals surface area contributed by atoms with E-state index in [1.54, 1.807) is 7.11 Å².